The topological polar surface area (TPSA) is 126 Å². The van der Waals surface area contributed by atoms with Gasteiger partial charge in [0.1, 0.15) is 5.69 Å². The first-order valence-corrected chi connectivity index (χ1v) is 11.9. The molecule has 5 rings (SSSR count). The number of aryl methyl sites for hydroxylation is 1. The quantitative estimate of drug-likeness (QED) is 0.299. The number of amides is 2. The van der Waals surface area contributed by atoms with Gasteiger partial charge < -0.3 is 15.2 Å². The highest BCUT2D eigenvalue weighted by atomic mass is 16.6. The minimum Gasteiger partial charge on any atom is -0.357 e. The smallest absolute Gasteiger partial charge is 0.276 e. The molecule has 10 heteroatoms. The molecule has 1 atom stereocenters. The molecule has 0 saturated carbocycles. The fraction of sp³-hybridized carbons (Fsp3) is 0.222. The Morgan fingerprint density at radius 2 is 1.97 bits per heavy atom. The van der Waals surface area contributed by atoms with E-state index in [1.54, 1.807) is 46.1 Å². The molecule has 0 bridgehead atoms. The number of nitro groups is 1. The molecule has 0 fully saturated rings. The number of carbonyl (C=O) groups is 2. The summed E-state index contributed by atoms with van der Waals surface area (Å²) in [4.78, 5) is 42.1. The van der Waals surface area contributed by atoms with Crippen LogP contribution in [-0.4, -0.2) is 42.9 Å². The molecular weight excluding hydrogens is 472 g/mol. The second kappa shape index (κ2) is 9.73. The maximum Gasteiger partial charge on any atom is 0.276 e. The molecule has 1 aliphatic rings. The SMILES string of the molecule is Cc1cccc(NC(=O)c2nn(Cc3cccc([N+](=O)[O-])c3)c3c2CN(C(=O)c2ccc[nH]2)CC3C)c1. The predicted octanol–water partition coefficient (Wildman–Crippen LogP) is 4.49. The Bertz CT molecular complexity index is 1490. The van der Waals surface area contributed by atoms with Crippen LogP contribution < -0.4 is 5.32 Å². The van der Waals surface area contributed by atoms with E-state index in [0.717, 1.165) is 11.3 Å². The zero-order valence-electron chi connectivity index (χ0n) is 20.5. The Balaban J connectivity index is 1.53. The number of rotatable bonds is 6. The number of benzene rings is 2. The van der Waals surface area contributed by atoms with Crippen molar-refractivity contribution in [2.24, 2.45) is 0 Å². The van der Waals surface area contributed by atoms with Crippen LogP contribution in [0.4, 0.5) is 11.4 Å². The normalized spacial score (nSPS) is 14.8. The van der Waals surface area contributed by atoms with Crippen LogP contribution in [-0.2, 0) is 13.1 Å². The number of anilines is 1. The third kappa shape index (κ3) is 4.86. The summed E-state index contributed by atoms with van der Waals surface area (Å²) in [6.07, 6.45) is 1.70. The summed E-state index contributed by atoms with van der Waals surface area (Å²) in [5.74, 6) is -0.644. The minimum atomic E-state index is -0.435. The van der Waals surface area contributed by atoms with E-state index in [0.29, 0.717) is 29.1 Å². The lowest BCUT2D eigenvalue weighted by molar-refractivity contribution is -0.384. The van der Waals surface area contributed by atoms with Crippen LogP contribution in [0.15, 0.2) is 66.9 Å². The maximum atomic E-state index is 13.4. The third-order valence-electron chi connectivity index (χ3n) is 6.46. The summed E-state index contributed by atoms with van der Waals surface area (Å²) >= 11 is 0. The molecule has 2 amide bonds. The third-order valence-corrected chi connectivity index (χ3v) is 6.46. The van der Waals surface area contributed by atoms with Gasteiger partial charge in [-0.15, -0.1) is 0 Å². The summed E-state index contributed by atoms with van der Waals surface area (Å²) in [6.45, 7) is 4.86. The zero-order valence-corrected chi connectivity index (χ0v) is 20.5. The first-order valence-electron chi connectivity index (χ1n) is 11.9. The van der Waals surface area contributed by atoms with Crippen LogP contribution in [0, 0.1) is 17.0 Å². The molecule has 0 radical (unpaired) electrons. The Morgan fingerprint density at radius 3 is 2.70 bits per heavy atom. The van der Waals surface area contributed by atoms with Gasteiger partial charge in [-0.3, -0.25) is 24.4 Å². The van der Waals surface area contributed by atoms with Crippen molar-refractivity contribution in [1.82, 2.24) is 19.7 Å². The predicted molar refractivity (Wildman–Crippen MR) is 138 cm³/mol. The molecule has 0 saturated heterocycles. The number of carbonyl (C=O) groups excluding carboxylic acids is 2. The van der Waals surface area contributed by atoms with Crippen molar-refractivity contribution in [3.63, 3.8) is 0 Å². The van der Waals surface area contributed by atoms with Crippen molar-refractivity contribution in [3.8, 4) is 0 Å². The largest absolute Gasteiger partial charge is 0.357 e. The average molecular weight is 499 g/mol. The van der Waals surface area contributed by atoms with Crippen LogP contribution in [0.3, 0.4) is 0 Å². The second-order valence-electron chi connectivity index (χ2n) is 9.29. The summed E-state index contributed by atoms with van der Waals surface area (Å²) in [5.41, 5.74) is 4.57. The molecule has 0 spiro atoms. The molecular formula is C27H26N6O4. The number of nitro benzene ring substituents is 1. The van der Waals surface area contributed by atoms with E-state index < -0.39 is 4.92 Å². The molecule has 4 aromatic rings. The number of nitrogens with one attached hydrogen (secondary N) is 2. The van der Waals surface area contributed by atoms with E-state index in [9.17, 15) is 19.7 Å². The highest BCUT2D eigenvalue weighted by Crippen LogP contribution is 2.32. The number of aromatic nitrogens is 3. The molecule has 37 heavy (non-hydrogen) atoms. The first-order chi connectivity index (χ1) is 17.8. The molecule has 3 heterocycles. The number of hydrogen-bond donors (Lipinski definition) is 2. The molecule has 1 unspecified atom stereocenters. The van der Waals surface area contributed by atoms with Gasteiger partial charge in [0.25, 0.3) is 17.5 Å². The minimum absolute atomic E-state index is 0.00768. The van der Waals surface area contributed by atoms with Gasteiger partial charge in [0.2, 0.25) is 0 Å². The summed E-state index contributed by atoms with van der Waals surface area (Å²) in [5, 5.41) is 18.9. The van der Waals surface area contributed by atoms with Gasteiger partial charge in [0, 0.05) is 47.7 Å². The highest BCUT2D eigenvalue weighted by Gasteiger charge is 2.34. The van der Waals surface area contributed by atoms with E-state index in [1.807, 2.05) is 32.0 Å². The molecule has 2 aromatic heterocycles. The van der Waals surface area contributed by atoms with Crippen LogP contribution >= 0.6 is 0 Å². The van der Waals surface area contributed by atoms with E-state index >= 15 is 0 Å². The van der Waals surface area contributed by atoms with Crippen molar-refractivity contribution >= 4 is 23.2 Å². The van der Waals surface area contributed by atoms with Gasteiger partial charge >= 0.3 is 0 Å². The zero-order chi connectivity index (χ0) is 26.1. The first kappa shape index (κ1) is 24.0. The van der Waals surface area contributed by atoms with Crippen molar-refractivity contribution in [2.45, 2.75) is 32.9 Å². The number of nitrogens with zero attached hydrogens (tertiary/aromatic N) is 4. The van der Waals surface area contributed by atoms with Gasteiger partial charge in [-0.1, -0.05) is 31.2 Å². The van der Waals surface area contributed by atoms with E-state index in [2.05, 4.69) is 15.4 Å². The Morgan fingerprint density at radius 1 is 1.16 bits per heavy atom. The van der Waals surface area contributed by atoms with E-state index in [-0.39, 0.29) is 42.2 Å². The van der Waals surface area contributed by atoms with Gasteiger partial charge in [-0.25, -0.2) is 0 Å². The van der Waals surface area contributed by atoms with Crippen LogP contribution in [0.2, 0.25) is 0 Å². The van der Waals surface area contributed by atoms with Crippen molar-refractivity contribution in [3.05, 3.63) is 111 Å². The highest BCUT2D eigenvalue weighted by molar-refractivity contribution is 6.04. The van der Waals surface area contributed by atoms with Crippen molar-refractivity contribution in [1.29, 1.82) is 0 Å². The number of aromatic amines is 1. The van der Waals surface area contributed by atoms with Crippen LogP contribution in [0.5, 0.6) is 0 Å². The summed E-state index contributed by atoms with van der Waals surface area (Å²) in [6, 6.07) is 17.3. The Hall–Kier alpha value is -4.73. The maximum absolute atomic E-state index is 13.4. The van der Waals surface area contributed by atoms with Crippen LogP contribution in [0.25, 0.3) is 0 Å². The molecule has 10 nitrogen and oxygen atoms in total. The summed E-state index contributed by atoms with van der Waals surface area (Å²) < 4.78 is 1.74. The fourth-order valence-electron chi connectivity index (χ4n) is 4.84. The van der Waals surface area contributed by atoms with E-state index in [1.165, 1.54) is 12.1 Å². The molecule has 1 aliphatic heterocycles. The number of H-pyrrole nitrogens is 1. The number of non-ortho nitro benzene ring substituents is 1. The average Bonchev–Trinajstić information content (AvgIpc) is 3.53. The van der Waals surface area contributed by atoms with Gasteiger partial charge in [-0.2, -0.15) is 5.10 Å². The lowest BCUT2D eigenvalue weighted by Gasteiger charge is -2.32. The molecule has 2 N–H and O–H groups in total. The standard InChI is InChI=1S/C27H26N6O4/c1-17-6-3-8-20(12-17)29-26(34)24-22-16-31(27(35)23-10-5-11-28-23)14-18(2)25(22)32(30-24)15-19-7-4-9-21(13-19)33(36)37/h3-13,18,28H,14-16H2,1-2H3,(H,29,34). The van der Waals surface area contributed by atoms with Crippen molar-refractivity contribution < 1.29 is 14.5 Å². The van der Waals surface area contributed by atoms with Gasteiger partial charge in [0.15, 0.2) is 5.69 Å². The summed E-state index contributed by atoms with van der Waals surface area (Å²) in [7, 11) is 0. The number of hydrogen-bond acceptors (Lipinski definition) is 5. The number of fused-ring (bicyclic) bond motifs is 1. The second-order valence-corrected chi connectivity index (χ2v) is 9.29. The Labute approximate surface area is 213 Å². The molecule has 188 valence electrons. The molecule has 0 aliphatic carbocycles. The lowest BCUT2D eigenvalue weighted by Crippen LogP contribution is -2.38. The van der Waals surface area contributed by atoms with Gasteiger partial charge in [0.05, 0.1) is 18.0 Å². The van der Waals surface area contributed by atoms with Gasteiger partial charge in [-0.05, 0) is 42.3 Å². The van der Waals surface area contributed by atoms with E-state index in [4.69, 9.17) is 0 Å². The fourth-order valence-corrected chi connectivity index (χ4v) is 4.84. The monoisotopic (exact) mass is 498 g/mol. The lowest BCUT2D eigenvalue weighted by atomic mass is 9.95. The van der Waals surface area contributed by atoms with Crippen molar-refractivity contribution in [2.75, 3.05) is 11.9 Å². The van der Waals surface area contributed by atoms with Crippen LogP contribution in [0.1, 0.15) is 56.2 Å². The molecule has 2 aromatic carbocycles. The Kier molecular flexibility index (Phi) is 6.31.